The molecule has 0 unspecified atom stereocenters. The van der Waals surface area contributed by atoms with Gasteiger partial charge >= 0.3 is 5.97 Å². The van der Waals surface area contributed by atoms with Gasteiger partial charge in [-0.2, -0.15) is 0 Å². The van der Waals surface area contributed by atoms with Crippen LogP contribution >= 0.6 is 0 Å². The average Bonchev–Trinajstić information content (AvgIpc) is 2.08. The first-order valence-electron chi connectivity index (χ1n) is 3.35. The van der Waals surface area contributed by atoms with Crippen LogP contribution in [-0.4, -0.2) is 18.1 Å². The standard InChI is InChI=1S/C8H8FNO2/c1-5-3-6(8(11)12-2)7(9)4-10-5/h3-4H,1-2H3. The molecule has 0 saturated carbocycles. The van der Waals surface area contributed by atoms with Crippen molar-refractivity contribution in [2.45, 2.75) is 6.92 Å². The Morgan fingerprint density at radius 3 is 2.92 bits per heavy atom. The molecule has 1 heterocycles. The Bertz CT molecular complexity index is 312. The highest BCUT2D eigenvalue weighted by molar-refractivity contribution is 5.89. The predicted molar refractivity (Wildman–Crippen MR) is 40.3 cm³/mol. The number of aryl methyl sites for hydroxylation is 1. The molecule has 64 valence electrons. The lowest BCUT2D eigenvalue weighted by Crippen LogP contribution is -2.05. The number of hydrogen-bond acceptors (Lipinski definition) is 3. The Hall–Kier alpha value is -1.45. The van der Waals surface area contributed by atoms with E-state index >= 15 is 0 Å². The van der Waals surface area contributed by atoms with Gasteiger partial charge in [0.25, 0.3) is 0 Å². The number of ether oxygens (including phenoxy) is 1. The quantitative estimate of drug-likeness (QED) is 0.595. The van der Waals surface area contributed by atoms with E-state index in [1.54, 1.807) is 6.92 Å². The van der Waals surface area contributed by atoms with Crippen molar-refractivity contribution in [1.82, 2.24) is 4.98 Å². The molecule has 0 atom stereocenters. The number of carbonyl (C=O) groups excluding carboxylic acids is 1. The van der Waals surface area contributed by atoms with Crippen molar-refractivity contribution in [3.05, 3.63) is 29.3 Å². The van der Waals surface area contributed by atoms with Crippen molar-refractivity contribution in [1.29, 1.82) is 0 Å². The molecule has 0 aliphatic carbocycles. The van der Waals surface area contributed by atoms with E-state index in [4.69, 9.17) is 0 Å². The summed E-state index contributed by atoms with van der Waals surface area (Å²) in [5.74, 6) is -1.34. The lowest BCUT2D eigenvalue weighted by molar-refractivity contribution is 0.0595. The lowest BCUT2D eigenvalue weighted by atomic mass is 10.2. The zero-order valence-electron chi connectivity index (χ0n) is 6.80. The second-order valence-corrected chi connectivity index (χ2v) is 2.30. The molecule has 0 aliphatic heterocycles. The zero-order chi connectivity index (χ0) is 9.14. The highest BCUT2D eigenvalue weighted by atomic mass is 19.1. The number of methoxy groups -OCH3 is 1. The van der Waals surface area contributed by atoms with Crippen LogP contribution in [0.15, 0.2) is 12.3 Å². The molecule has 0 N–H and O–H groups in total. The van der Waals surface area contributed by atoms with Crippen molar-refractivity contribution in [3.63, 3.8) is 0 Å². The summed E-state index contributed by atoms with van der Waals surface area (Å²) in [6.45, 7) is 1.67. The topological polar surface area (TPSA) is 39.2 Å². The normalized spacial score (nSPS) is 9.58. The molecule has 3 nitrogen and oxygen atoms in total. The maximum atomic E-state index is 12.8. The lowest BCUT2D eigenvalue weighted by Gasteiger charge is -2.00. The molecular formula is C8H8FNO2. The minimum absolute atomic E-state index is 0.0787. The third-order valence-corrected chi connectivity index (χ3v) is 1.40. The SMILES string of the molecule is COC(=O)c1cc(C)ncc1F. The van der Waals surface area contributed by atoms with Crippen LogP contribution in [0.25, 0.3) is 0 Å². The van der Waals surface area contributed by atoms with E-state index in [0.29, 0.717) is 5.69 Å². The van der Waals surface area contributed by atoms with Gasteiger partial charge in [0.1, 0.15) is 0 Å². The smallest absolute Gasteiger partial charge is 0.340 e. The van der Waals surface area contributed by atoms with Crippen LogP contribution in [0, 0.1) is 12.7 Å². The van der Waals surface area contributed by atoms with Crippen LogP contribution in [0.3, 0.4) is 0 Å². The van der Waals surface area contributed by atoms with Crippen LogP contribution in [0.4, 0.5) is 4.39 Å². The largest absolute Gasteiger partial charge is 0.465 e. The van der Waals surface area contributed by atoms with Crippen LogP contribution in [0.2, 0.25) is 0 Å². The number of esters is 1. The zero-order valence-corrected chi connectivity index (χ0v) is 6.80. The van der Waals surface area contributed by atoms with Crippen LogP contribution in [-0.2, 0) is 4.74 Å². The Labute approximate surface area is 69.2 Å². The van der Waals surface area contributed by atoms with E-state index in [2.05, 4.69) is 9.72 Å². The summed E-state index contributed by atoms with van der Waals surface area (Å²) in [5, 5.41) is 0. The van der Waals surface area contributed by atoms with E-state index in [-0.39, 0.29) is 5.56 Å². The Balaban J connectivity index is 3.13. The van der Waals surface area contributed by atoms with Crippen molar-refractivity contribution >= 4 is 5.97 Å². The number of rotatable bonds is 1. The van der Waals surface area contributed by atoms with Crippen molar-refractivity contribution in [2.75, 3.05) is 7.11 Å². The fourth-order valence-electron chi connectivity index (χ4n) is 0.810. The van der Waals surface area contributed by atoms with E-state index in [1.165, 1.54) is 13.2 Å². The molecule has 0 aliphatic rings. The van der Waals surface area contributed by atoms with Gasteiger partial charge in [-0.1, -0.05) is 0 Å². The van der Waals surface area contributed by atoms with E-state index < -0.39 is 11.8 Å². The highest BCUT2D eigenvalue weighted by Gasteiger charge is 2.11. The van der Waals surface area contributed by atoms with Gasteiger partial charge in [-0.15, -0.1) is 0 Å². The maximum Gasteiger partial charge on any atom is 0.340 e. The maximum absolute atomic E-state index is 12.8. The number of hydrogen-bond donors (Lipinski definition) is 0. The summed E-state index contributed by atoms with van der Waals surface area (Å²) in [4.78, 5) is 14.6. The Morgan fingerprint density at radius 1 is 1.67 bits per heavy atom. The van der Waals surface area contributed by atoms with Gasteiger partial charge in [-0.05, 0) is 13.0 Å². The average molecular weight is 169 g/mol. The Morgan fingerprint density at radius 2 is 2.33 bits per heavy atom. The molecule has 12 heavy (non-hydrogen) atoms. The fourth-order valence-corrected chi connectivity index (χ4v) is 0.810. The third-order valence-electron chi connectivity index (χ3n) is 1.40. The van der Waals surface area contributed by atoms with Crippen LogP contribution in [0.5, 0.6) is 0 Å². The summed E-state index contributed by atoms with van der Waals surface area (Å²) in [6.07, 6.45) is 1.00. The summed E-state index contributed by atoms with van der Waals surface area (Å²) in [5.41, 5.74) is 0.502. The fraction of sp³-hybridized carbons (Fsp3) is 0.250. The minimum Gasteiger partial charge on any atom is -0.465 e. The molecule has 1 rings (SSSR count). The molecular weight excluding hydrogens is 161 g/mol. The van der Waals surface area contributed by atoms with Gasteiger partial charge < -0.3 is 4.74 Å². The van der Waals surface area contributed by atoms with Crippen LogP contribution in [0.1, 0.15) is 16.1 Å². The van der Waals surface area contributed by atoms with Crippen molar-refractivity contribution < 1.29 is 13.9 Å². The highest BCUT2D eigenvalue weighted by Crippen LogP contribution is 2.08. The number of pyridine rings is 1. The molecule has 0 aromatic carbocycles. The monoisotopic (exact) mass is 169 g/mol. The first-order valence-corrected chi connectivity index (χ1v) is 3.35. The van der Waals surface area contributed by atoms with Crippen LogP contribution < -0.4 is 0 Å². The number of aromatic nitrogens is 1. The first-order chi connectivity index (χ1) is 5.65. The predicted octanol–water partition coefficient (Wildman–Crippen LogP) is 1.32. The second-order valence-electron chi connectivity index (χ2n) is 2.30. The van der Waals surface area contributed by atoms with E-state index in [9.17, 15) is 9.18 Å². The molecule has 0 spiro atoms. The molecule has 0 radical (unpaired) electrons. The molecule has 4 heteroatoms. The van der Waals surface area contributed by atoms with Gasteiger partial charge in [0.05, 0.1) is 18.9 Å². The number of nitrogens with zero attached hydrogens (tertiary/aromatic N) is 1. The molecule has 0 fully saturated rings. The third kappa shape index (κ3) is 1.58. The van der Waals surface area contributed by atoms with E-state index in [0.717, 1.165) is 6.20 Å². The van der Waals surface area contributed by atoms with Gasteiger partial charge in [0.2, 0.25) is 0 Å². The summed E-state index contributed by atoms with van der Waals surface area (Å²) in [6, 6.07) is 1.35. The summed E-state index contributed by atoms with van der Waals surface area (Å²) < 4.78 is 17.2. The Kier molecular flexibility index (Phi) is 2.38. The molecule has 0 amide bonds. The second kappa shape index (κ2) is 3.30. The summed E-state index contributed by atoms with van der Waals surface area (Å²) in [7, 11) is 1.21. The first kappa shape index (κ1) is 8.64. The van der Waals surface area contributed by atoms with Gasteiger partial charge in [-0.25, -0.2) is 9.18 Å². The van der Waals surface area contributed by atoms with Crippen molar-refractivity contribution in [2.24, 2.45) is 0 Å². The molecule has 1 aromatic rings. The minimum atomic E-state index is -0.682. The summed E-state index contributed by atoms with van der Waals surface area (Å²) >= 11 is 0. The van der Waals surface area contributed by atoms with E-state index in [1.807, 2.05) is 0 Å². The number of halogens is 1. The molecule has 1 aromatic heterocycles. The molecule has 0 bridgehead atoms. The number of carbonyl (C=O) groups is 1. The van der Waals surface area contributed by atoms with Gasteiger partial charge in [-0.3, -0.25) is 4.98 Å². The van der Waals surface area contributed by atoms with Crippen molar-refractivity contribution in [3.8, 4) is 0 Å². The van der Waals surface area contributed by atoms with Gasteiger partial charge in [0.15, 0.2) is 5.82 Å². The molecule has 0 saturated heterocycles. The van der Waals surface area contributed by atoms with Gasteiger partial charge in [0, 0.05) is 5.69 Å².